The first-order chi connectivity index (χ1) is 12.5. The molecule has 1 amide bonds. The Morgan fingerprint density at radius 1 is 1.22 bits per heavy atom. The molecule has 2 unspecified atom stereocenters. The van der Waals surface area contributed by atoms with Crippen molar-refractivity contribution in [3.8, 4) is 0 Å². The molecule has 0 aliphatic heterocycles. The summed E-state index contributed by atoms with van der Waals surface area (Å²) in [6.45, 7) is 3.71. The highest BCUT2D eigenvalue weighted by molar-refractivity contribution is 9.10. The maximum absolute atomic E-state index is 12.9. The van der Waals surface area contributed by atoms with Crippen LogP contribution < -0.4 is 10.5 Å². The molecule has 4 aliphatic rings. The molecule has 0 aromatic heterocycles. The number of benzene rings is 1. The van der Waals surface area contributed by atoms with Crippen LogP contribution >= 0.6 is 15.9 Å². The van der Waals surface area contributed by atoms with Crippen LogP contribution in [0.25, 0.3) is 0 Å². The van der Waals surface area contributed by atoms with Crippen molar-refractivity contribution in [3.05, 3.63) is 23.3 Å². The lowest BCUT2D eigenvalue weighted by molar-refractivity contribution is -0.123. The van der Waals surface area contributed by atoms with Gasteiger partial charge in [0, 0.05) is 16.4 Å². The van der Waals surface area contributed by atoms with Crippen molar-refractivity contribution in [1.82, 2.24) is 0 Å². The zero-order valence-corrected chi connectivity index (χ0v) is 18.2. The fourth-order valence-corrected chi connectivity index (χ4v) is 8.33. The van der Waals surface area contributed by atoms with E-state index in [0.717, 1.165) is 42.2 Å². The molecular formula is C20H27BrN2O3S. The van der Waals surface area contributed by atoms with E-state index < -0.39 is 10.0 Å². The summed E-state index contributed by atoms with van der Waals surface area (Å²) in [6.07, 6.45) is 7.63. The van der Waals surface area contributed by atoms with Crippen molar-refractivity contribution in [3.63, 3.8) is 0 Å². The van der Waals surface area contributed by atoms with Gasteiger partial charge in [0.25, 0.3) is 0 Å². The zero-order chi connectivity index (χ0) is 19.6. The molecule has 0 saturated heterocycles. The van der Waals surface area contributed by atoms with Gasteiger partial charge >= 0.3 is 0 Å². The van der Waals surface area contributed by atoms with Crippen LogP contribution in [0.5, 0.6) is 0 Å². The third kappa shape index (κ3) is 3.70. The molecule has 5 rings (SSSR count). The summed E-state index contributed by atoms with van der Waals surface area (Å²) in [5, 5.41) is 8.26. The molecule has 4 fully saturated rings. The van der Waals surface area contributed by atoms with Crippen molar-refractivity contribution in [2.24, 2.45) is 22.4 Å². The quantitative estimate of drug-likeness (QED) is 0.673. The molecule has 4 aliphatic carbocycles. The molecule has 3 N–H and O–H groups in total. The number of anilines is 1. The molecule has 4 bridgehead atoms. The van der Waals surface area contributed by atoms with E-state index in [1.165, 1.54) is 25.3 Å². The Morgan fingerprint density at radius 3 is 2.41 bits per heavy atom. The lowest BCUT2D eigenvalue weighted by atomic mass is 9.48. The Labute approximate surface area is 169 Å². The number of alkyl halides is 1. The van der Waals surface area contributed by atoms with Crippen molar-refractivity contribution in [2.75, 3.05) is 5.32 Å². The predicted octanol–water partition coefficient (Wildman–Crippen LogP) is 4.01. The van der Waals surface area contributed by atoms with Gasteiger partial charge in [-0.2, -0.15) is 0 Å². The van der Waals surface area contributed by atoms with E-state index in [1.807, 2.05) is 13.8 Å². The summed E-state index contributed by atoms with van der Waals surface area (Å²) in [4.78, 5) is 13.0. The Kier molecular flexibility index (Phi) is 4.52. The molecule has 2 atom stereocenters. The van der Waals surface area contributed by atoms with Crippen LogP contribution in [-0.4, -0.2) is 18.6 Å². The summed E-state index contributed by atoms with van der Waals surface area (Å²) in [6, 6.07) is 3.02. The largest absolute Gasteiger partial charge is 0.326 e. The molecule has 7 heteroatoms. The van der Waals surface area contributed by atoms with E-state index in [-0.39, 0.29) is 20.5 Å². The van der Waals surface area contributed by atoms with Gasteiger partial charge < -0.3 is 5.32 Å². The Morgan fingerprint density at radius 2 is 1.85 bits per heavy atom. The summed E-state index contributed by atoms with van der Waals surface area (Å²) < 4.78 is 23.7. The standard InChI is InChI=1S/C20H27BrN2O3S/c1-12-3-16(27(22,25)26)5-17(13(12)2)23-18(24)10-19-6-14-4-15(7-19)9-20(21,8-14)11-19/h3,5,14-15H,4,6-11H2,1-2H3,(H,23,24)(H2,22,25,26). The molecule has 27 heavy (non-hydrogen) atoms. The average molecular weight is 455 g/mol. The van der Waals surface area contributed by atoms with Crippen molar-refractivity contribution in [1.29, 1.82) is 0 Å². The van der Waals surface area contributed by atoms with Gasteiger partial charge in [-0.3, -0.25) is 4.79 Å². The molecule has 0 heterocycles. The Bertz CT molecular complexity index is 898. The minimum atomic E-state index is -3.81. The second-order valence-corrected chi connectivity index (χ2v) is 12.5. The summed E-state index contributed by atoms with van der Waals surface area (Å²) in [5.74, 6) is 1.43. The highest BCUT2D eigenvalue weighted by Gasteiger charge is 2.57. The van der Waals surface area contributed by atoms with Gasteiger partial charge in [-0.05, 0) is 92.9 Å². The van der Waals surface area contributed by atoms with Crippen molar-refractivity contribution < 1.29 is 13.2 Å². The number of amides is 1. The van der Waals surface area contributed by atoms with Gasteiger partial charge in [0.15, 0.2) is 0 Å². The molecule has 1 aromatic carbocycles. The summed E-state index contributed by atoms with van der Waals surface area (Å²) in [5.41, 5.74) is 2.30. The van der Waals surface area contributed by atoms with E-state index in [0.29, 0.717) is 12.1 Å². The first-order valence-corrected chi connectivity index (χ1v) is 11.9. The lowest BCUT2D eigenvalue weighted by Crippen LogP contribution is -2.53. The number of sulfonamides is 1. The van der Waals surface area contributed by atoms with Gasteiger partial charge in [-0.1, -0.05) is 15.9 Å². The van der Waals surface area contributed by atoms with E-state index in [9.17, 15) is 13.2 Å². The van der Waals surface area contributed by atoms with Crippen LogP contribution in [0.3, 0.4) is 0 Å². The second kappa shape index (κ2) is 6.29. The van der Waals surface area contributed by atoms with Crippen LogP contribution in [0.4, 0.5) is 5.69 Å². The van der Waals surface area contributed by atoms with Gasteiger partial charge in [0.05, 0.1) is 4.90 Å². The fourth-order valence-electron chi connectivity index (χ4n) is 6.20. The topological polar surface area (TPSA) is 89.3 Å². The highest BCUT2D eigenvalue weighted by Crippen LogP contribution is 2.65. The third-order valence-corrected chi connectivity index (χ3v) is 8.71. The minimum Gasteiger partial charge on any atom is -0.326 e. The van der Waals surface area contributed by atoms with Gasteiger partial charge in [0.2, 0.25) is 15.9 Å². The predicted molar refractivity (Wildman–Crippen MR) is 109 cm³/mol. The second-order valence-electron chi connectivity index (χ2n) is 9.29. The SMILES string of the molecule is Cc1cc(S(N)(=O)=O)cc(NC(=O)CC23CC4CC(CC(Br)(C4)C2)C3)c1C. The number of hydrogen-bond donors (Lipinski definition) is 2. The number of aryl methyl sites for hydroxylation is 1. The maximum Gasteiger partial charge on any atom is 0.238 e. The van der Waals surface area contributed by atoms with E-state index >= 15 is 0 Å². The monoisotopic (exact) mass is 454 g/mol. The molecule has 0 radical (unpaired) electrons. The summed E-state index contributed by atoms with van der Waals surface area (Å²) >= 11 is 3.99. The number of carbonyl (C=O) groups excluding carboxylic acids is 1. The Balaban J connectivity index is 1.55. The lowest BCUT2D eigenvalue weighted by Gasteiger charge is -2.60. The van der Waals surface area contributed by atoms with Gasteiger partial charge in [0.1, 0.15) is 0 Å². The maximum atomic E-state index is 12.9. The number of halogens is 1. The molecule has 148 valence electrons. The van der Waals surface area contributed by atoms with Gasteiger partial charge in [-0.15, -0.1) is 0 Å². The molecule has 4 saturated carbocycles. The highest BCUT2D eigenvalue weighted by atomic mass is 79.9. The van der Waals surface area contributed by atoms with Crippen LogP contribution in [-0.2, 0) is 14.8 Å². The zero-order valence-electron chi connectivity index (χ0n) is 15.8. The average Bonchev–Trinajstić information content (AvgIpc) is 2.47. The minimum absolute atomic E-state index is 0.0258. The van der Waals surface area contributed by atoms with E-state index in [1.54, 1.807) is 6.07 Å². The van der Waals surface area contributed by atoms with Crippen molar-refractivity contribution in [2.45, 2.75) is 68.0 Å². The number of primary sulfonamides is 1. The Hall–Kier alpha value is -0.920. The van der Waals surface area contributed by atoms with E-state index in [2.05, 4.69) is 21.2 Å². The van der Waals surface area contributed by atoms with Crippen LogP contribution in [0, 0.1) is 31.1 Å². The van der Waals surface area contributed by atoms with E-state index in [4.69, 9.17) is 5.14 Å². The van der Waals surface area contributed by atoms with Crippen LogP contribution in [0.2, 0.25) is 0 Å². The third-order valence-electron chi connectivity index (χ3n) is 6.89. The molecular weight excluding hydrogens is 428 g/mol. The normalized spacial score (nSPS) is 34.7. The van der Waals surface area contributed by atoms with Crippen LogP contribution in [0.15, 0.2) is 17.0 Å². The number of hydrogen-bond acceptors (Lipinski definition) is 3. The number of nitrogens with two attached hydrogens (primary N) is 1. The number of carbonyl (C=O) groups is 1. The summed E-state index contributed by atoms with van der Waals surface area (Å²) in [7, 11) is -3.81. The van der Waals surface area contributed by atoms with Gasteiger partial charge in [-0.25, -0.2) is 13.6 Å². The molecule has 5 nitrogen and oxygen atoms in total. The number of rotatable bonds is 4. The number of nitrogens with one attached hydrogen (secondary N) is 1. The van der Waals surface area contributed by atoms with Crippen molar-refractivity contribution >= 4 is 37.5 Å². The first-order valence-electron chi connectivity index (χ1n) is 9.60. The fraction of sp³-hybridized carbons (Fsp3) is 0.650. The molecule has 0 spiro atoms. The molecule has 1 aromatic rings. The van der Waals surface area contributed by atoms with Crippen LogP contribution in [0.1, 0.15) is 56.1 Å². The first kappa shape index (κ1) is 19.4. The smallest absolute Gasteiger partial charge is 0.238 e.